The lowest BCUT2D eigenvalue weighted by Crippen LogP contribution is -2.38. The van der Waals surface area contributed by atoms with Crippen molar-refractivity contribution < 1.29 is 4.79 Å². The number of benzene rings is 1. The summed E-state index contributed by atoms with van der Waals surface area (Å²) < 4.78 is 0. The van der Waals surface area contributed by atoms with Crippen LogP contribution in [0.4, 0.5) is 4.79 Å². The maximum absolute atomic E-state index is 12.1. The average molecular weight is 297 g/mol. The van der Waals surface area contributed by atoms with Crippen LogP contribution in [0.1, 0.15) is 37.4 Å². The molecule has 2 amide bonds. The first-order valence-electron chi connectivity index (χ1n) is 7.63. The van der Waals surface area contributed by atoms with Crippen LogP contribution in [0.25, 0.3) is 0 Å². The molecule has 1 aromatic carbocycles. The zero-order chi connectivity index (χ0) is 15.8. The van der Waals surface area contributed by atoms with Gasteiger partial charge in [-0.3, -0.25) is 4.98 Å². The number of hydrogen-bond donors (Lipinski definition) is 2. The predicted molar refractivity (Wildman–Crippen MR) is 88.2 cm³/mol. The van der Waals surface area contributed by atoms with Crippen molar-refractivity contribution in [1.29, 1.82) is 0 Å². The van der Waals surface area contributed by atoms with Crippen molar-refractivity contribution in [1.82, 2.24) is 15.6 Å². The molecule has 0 radical (unpaired) electrons. The maximum Gasteiger partial charge on any atom is 0.315 e. The predicted octanol–water partition coefficient (Wildman–Crippen LogP) is 3.67. The minimum Gasteiger partial charge on any atom is -0.334 e. The molecule has 1 heterocycles. The highest BCUT2D eigenvalue weighted by molar-refractivity contribution is 5.74. The molecule has 1 aromatic heterocycles. The van der Waals surface area contributed by atoms with E-state index in [1.165, 1.54) is 0 Å². The third-order valence-corrected chi connectivity index (χ3v) is 3.39. The van der Waals surface area contributed by atoms with Gasteiger partial charge in [-0.25, -0.2) is 4.79 Å². The van der Waals surface area contributed by atoms with Gasteiger partial charge in [0.15, 0.2) is 0 Å². The molecular weight excluding hydrogens is 274 g/mol. The monoisotopic (exact) mass is 297 g/mol. The largest absolute Gasteiger partial charge is 0.334 e. The van der Waals surface area contributed by atoms with Gasteiger partial charge in [0.2, 0.25) is 0 Å². The van der Waals surface area contributed by atoms with Gasteiger partial charge < -0.3 is 10.6 Å². The summed E-state index contributed by atoms with van der Waals surface area (Å²) in [6.07, 6.45) is 4.38. The van der Waals surface area contributed by atoms with E-state index in [4.69, 9.17) is 0 Å². The van der Waals surface area contributed by atoms with E-state index in [-0.39, 0.29) is 12.1 Å². The maximum atomic E-state index is 12.1. The van der Waals surface area contributed by atoms with Gasteiger partial charge >= 0.3 is 6.03 Å². The number of aromatic nitrogens is 1. The minimum atomic E-state index is -0.154. The van der Waals surface area contributed by atoms with Gasteiger partial charge in [-0.2, -0.15) is 0 Å². The topological polar surface area (TPSA) is 54.0 Å². The van der Waals surface area contributed by atoms with Gasteiger partial charge in [0, 0.05) is 18.9 Å². The minimum absolute atomic E-state index is 0.0232. The second-order valence-corrected chi connectivity index (χ2v) is 5.78. The fraction of sp³-hybridized carbons (Fsp3) is 0.333. The van der Waals surface area contributed by atoms with E-state index in [9.17, 15) is 4.79 Å². The molecule has 0 bridgehead atoms. The molecule has 0 fully saturated rings. The van der Waals surface area contributed by atoms with Crippen LogP contribution >= 0.6 is 0 Å². The third-order valence-electron chi connectivity index (χ3n) is 3.39. The zero-order valence-electron chi connectivity index (χ0n) is 13.1. The standard InChI is InChI=1S/C18H23N3O/c1-14(2)11-17(16-8-4-3-5-9-16)21-18(22)20-13-15-7-6-10-19-12-15/h3-10,12,14,17H,11,13H2,1-2H3,(H2,20,21,22). The van der Waals surface area contributed by atoms with Crippen LogP contribution in [0.5, 0.6) is 0 Å². The summed E-state index contributed by atoms with van der Waals surface area (Å²) in [7, 11) is 0. The first kappa shape index (κ1) is 16.0. The highest BCUT2D eigenvalue weighted by Crippen LogP contribution is 2.20. The van der Waals surface area contributed by atoms with Crippen LogP contribution in [0.2, 0.25) is 0 Å². The van der Waals surface area contributed by atoms with E-state index in [1.807, 2.05) is 30.3 Å². The Labute approximate surface area is 132 Å². The fourth-order valence-electron chi connectivity index (χ4n) is 2.33. The number of nitrogens with zero attached hydrogens (tertiary/aromatic N) is 1. The van der Waals surface area contributed by atoms with Gasteiger partial charge in [0.25, 0.3) is 0 Å². The summed E-state index contributed by atoms with van der Waals surface area (Å²) in [6.45, 7) is 4.79. The van der Waals surface area contributed by atoms with Crippen molar-refractivity contribution >= 4 is 6.03 Å². The number of carbonyl (C=O) groups is 1. The first-order chi connectivity index (χ1) is 10.6. The Hall–Kier alpha value is -2.36. The third kappa shape index (κ3) is 5.20. The Morgan fingerprint density at radius 3 is 2.55 bits per heavy atom. The smallest absolute Gasteiger partial charge is 0.315 e. The number of carbonyl (C=O) groups excluding carboxylic acids is 1. The normalized spacial score (nSPS) is 12.0. The van der Waals surface area contributed by atoms with Crippen molar-refractivity contribution in [3.8, 4) is 0 Å². The molecule has 22 heavy (non-hydrogen) atoms. The van der Waals surface area contributed by atoms with Crippen LogP contribution in [0.15, 0.2) is 54.9 Å². The van der Waals surface area contributed by atoms with Crippen molar-refractivity contribution in [2.45, 2.75) is 32.9 Å². The van der Waals surface area contributed by atoms with Crippen molar-refractivity contribution in [2.75, 3.05) is 0 Å². The molecule has 2 N–H and O–H groups in total. The van der Waals surface area contributed by atoms with E-state index in [0.717, 1.165) is 17.5 Å². The SMILES string of the molecule is CC(C)CC(NC(=O)NCc1cccnc1)c1ccccc1. The van der Waals surface area contributed by atoms with E-state index in [2.05, 4.69) is 41.6 Å². The lowest BCUT2D eigenvalue weighted by atomic mass is 9.97. The van der Waals surface area contributed by atoms with Crippen LogP contribution < -0.4 is 10.6 Å². The molecule has 0 aliphatic rings. The van der Waals surface area contributed by atoms with Crippen LogP contribution in [-0.2, 0) is 6.54 Å². The second-order valence-electron chi connectivity index (χ2n) is 5.78. The fourth-order valence-corrected chi connectivity index (χ4v) is 2.33. The lowest BCUT2D eigenvalue weighted by molar-refractivity contribution is 0.234. The molecule has 4 heteroatoms. The van der Waals surface area contributed by atoms with Gasteiger partial charge in [0.05, 0.1) is 6.04 Å². The number of nitrogens with one attached hydrogen (secondary N) is 2. The molecule has 4 nitrogen and oxygen atoms in total. The molecular formula is C18H23N3O. The number of amides is 2. The van der Waals surface area contributed by atoms with E-state index >= 15 is 0 Å². The first-order valence-corrected chi connectivity index (χ1v) is 7.63. The highest BCUT2D eigenvalue weighted by Gasteiger charge is 2.15. The van der Waals surface area contributed by atoms with E-state index in [1.54, 1.807) is 12.4 Å². The number of rotatable bonds is 6. The Morgan fingerprint density at radius 2 is 1.91 bits per heavy atom. The molecule has 1 atom stereocenters. The van der Waals surface area contributed by atoms with Gasteiger partial charge in [-0.1, -0.05) is 50.2 Å². The Kier molecular flexibility index (Phi) is 5.95. The zero-order valence-corrected chi connectivity index (χ0v) is 13.1. The van der Waals surface area contributed by atoms with Crippen LogP contribution in [-0.4, -0.2) is 11.0 Å². The van der Waals surface area contributed by atoms with Crippen LogP contribution in [0.3, 0.4) is 0 Å². The molecule has 2 aromatic rings. The van der Waals surface area contributed by atoms with Gasteiger partial charge in [0.1, 0.15) is 0 Å². The quantitative estimate of drug-likeness (QED) is 0.854. The Bertz CT molecular complexity index is 569. The molecule has 116 valence electrons. The summed E-state index contributed by atoms with van der Waals surface area (Å²) in [5, 5.41) is 5.95. The summed E-state index contributed by atoms with van der Waals surface area (Å²) in [5.74, 6) is 0.504. The molecule has 0 saturated heterocycles. The van der Waals surface area contributed by atoms with Crippen LogP contribution in [0, 0.1) is 5.92 Å². The van der Waals surface area contributed by atoms with Crippen molar-refractivity contribution in [3.63, 3.8) is 0 Å². The summed E-state index contributed by atoms with van der Waals surface area (Å²) in [5.41, 5.74) is 2.12. The molecule has 0 aliphatic heterocycles. The molecule has 0 spiro atoms. The molecule has 0 saturated carbocycles. The number of pyridine rings is 1. The number of hydrogen-bond acceptors (Lipinski definition) is 2. The number of urea groups is 1. The lowest BCUT2D eigenvalue weighted by Gasteiger charge is -2.21. The summed E-state index contributed by atoms with van der Waals surface area (Å²) in [6, 6.07) is 13.8. The Morgan fingerprint density at radius 1 is 1.14 bits per heavy atom. The molecule has 0 aliphatic carbocycles. The Balaban J connectivity index is 1.93. The van der Waals surface area contributed by atoms with Crippen molar-refractivity contribution in [3.05, 3.63) is 66.0 Å². The van der Waals surface area contributed by atoms with E-state index < -0.39 is 0 Å². The van der Waals surface area contributed by atoms with Crippen molar-refractivity contribution in [2.24, 2.45) is 5.92 Å². The second kappa shape index (κ2) is 8.17. The molecule has 1 unspecified atom stereocenters. The molecule has 2 rings (SSSR count). The highest BCUT2D eigenvalue weighted by atomic mass is 16.2. The van der Waals surface area contributed by atoms with E-state index in [0.29, 0.717) is 12.5 Å². The summed E-state index contributed by atoms with van der Waals surface area (Å²) >= 11 is 0. The van der Waals surface area contributed by atoms with Gasteiger partial charge in [-0.05, 0) is 29.5 Å². The average Bonchev–Trinajstić information content (AvgIpc) is 2.54. The van der Waals surface area contributed by atoms with Gasteiger partial charge in [-0.15, -0.1) is 0 Å². The summed E-state index contributed by atoms with van der Waals surface area (Å²) in [4.78, 5) is 16.2.